The van der Waals surface area contributed by atoms with Crippen LogP contribution in [0.4, 0.5) is 0 Å². The lowest BCUT2D eigenvalue weighted by Gasteiger charge is -2.34. The van der Waals surface area contributed by atoms with Crippen LogP contribution in [0.2, 0.25) is 5.02 Å². The molecule has 0 bridgehead atoms. The van der Waals surface area contributed by atoms with E-state index in [9.17, 15) is 9.59 Å². The zero-order valence-electron chi connectivity index (χ0n) is 17.0. The number of nitrogens with one attached hydrogen (secondary N) is 2. The molecule has 0 aromatic heterocycles. The van der Waals surface area contributed by atoms with E-state index in [1.54, 1.807) is 25.3 Å². The van der Waals surface area contributed by atoms with Gasteiger partial charge in [-0.2, -0.15) is 0 Å². The standard InChI is InChI=1S/C20H31ClN4O3/c1-4-15(2)23-20(27)14-25-9-7-24(8-10-25)13-19(26)22-12-16-11-17(21)5-6-18(16)28-3/h5-6,11,15H,4,7-10,12-14H2,1-3H3,(H,22,26)(H,23,27). The van der Waals surface area contributed by atoms with E-state index in [-0.39, 0.29) is 17.9 Å². The van der Waals surface area contributed by atoms with Gasteiger partial charge in [0.25, 0.3) is 0 Å². The van der Waals surface area contributed by atoms with Gasteiger partial charge in [-0.05, 0) is 31.5 Å². The van der Waals surface area contributed by atoms with Crippen molar-refractivity contribution >= 4 is 23.4 Å². The molecule has 1 heterocycles. The summed E-state index contributed by atoms with van der Waals surface area (Å²) in [6.07, 6.45) is 0.926. The number of rotatable bonds is 9. The molecule has 1 fully saturated rings. The van der Waals surface area contributed by atoms with Crippen LogP contribution in [0.1, 0.15) is 25.8 Å². The molecule has 1 aliphatic rings. The van der Waals surface area contributed by atoms with Crippen LogP contribution in [0.25, 0.3) is 0 Å². The number of hydrogen-bond acceptors (Lipinski definition) is 5. The Hall–Kier alpha value is -1.83. The number of carbonyl (C=O) groups is 2. The van der Waals surface area contributed by atoms with Crippen molar-refractivity contribution in [3.05, 3.63) is 28.8 Å². The molecular formula is C20H31ClN4O3. The first kappa shape index (κ1) is 22.5. The molecule has 7 nitrogen and oxygen atoms in total. The van der Waals surface area contributed by atoms with Gasteiger partial charge in [0.05, 0.1) is 20.2 Å². The van der Waals surface area contributed by atoms with Gasteiger partial charge in [0, 0.05) is 49.4 Å². The number of nitrogens with zero attached hydrogens (tertiary/aromatic N) is 2. The Morgan fingerprint density at radius 3 is 2.32 bits per heavy atom. The Labute approximate surface area is 172 Å². The van der Waals surface area contributed by atoms with Crippen molar-refractivity contribution in [1.29, 1.82) is 0 Å². The summed E-state index contributed by atoms with van der Waals surface area (Å²) in [5.74, 6) is 0.731. The third-order valence-electron chi connectivity index (χ3n) is 4.94. The quantitative estimate of drug-likeness (QED) is 0.645. The largest absolute Gasteiger partial charge is 0.496 e. The van der Waals surface area contributed by atoms with Gasteiger partial charge in [-0.25, -0.2) is 0 Å². The number of carbonyl (C=O) groups excluding carboxylic acids is 2. The molecule has 156 valence electrons. The van der Waals surface area contributed by atoms with E-state index in [1.807, 2.05) is 6.92 Å². The molecule has 2 amide bonds. The zero-order chi connectivity index (χ0) is 20.5. The molecular weight excluding hydrogens is 380 g/mol. The first-order chi connectivity index (χ1) is 13.4. The molecule has 2 N–H and O–H groups in total. The summed E-state index contributed by atoms with van der Waals surface area (Å²) < 4.78 is 5.30. The minimum atomic E-state index is -0.0370. The maximum atomic E-state index is 12.3. The van der Waals surface area contributed by atoms with Crippen LogP contribution in [0.15, 0.2) is 18.2 Å². The fourth-order valence-electron chi connectivity index (χ4n) is 3.07. The predicted molar refractivity (Wildman–Crippen MR) is 111 cm³/mol. The second-order valence-electron chi connectivity index (χ2n) is 7.16. The normalized spacial score (nSPS) is 16.4. The lowest BCUT2D eigenvalue weighted by Crippen LogP contribution is -2.52. The van der Waals surface area contributed by atoms with E-state index in [0.29, 0.717) is 30.4 Å². The van der Waals surface area contributed by atoms with Crippen LogP contribution in [-0.2, 0) is 16.1 Å². The van der Waals surface area contributed by atoms with Crippen molar-refractivity contribution < 1.29 is 14.3 Å². The number of benzene rings is 1. The van der Waals surface area contributed by atoms with Crippen LogP contribution in [0.3, 0.4) is 0 Å². The molecule has 1 aromatic rings. The molecule has 1 unspecified atom stereocenters. The average molecular weight is 411 g/mol. The van der Waals surface area contributed by atoms with Gasteiger partial charge in [-0.1, -0.05) is 18.5 Å². The molecule has 2 rings (SSSR count). The summed E-state index contributed by atoms with van der Waals surface area (Å²) in [4.78, 5) is 28.5. The Kier molecular flexibility index (Phi) is 9.02. The Bertz CT molecular complexity index is 663. The number of methoxy groups -OCH3 is 1. The summed E-state index contributed by atoms with van der Waals surface area (Å²) in [6.45, 7) is 8.29. The number of piperazine rings is 1. The average Bonchev–Trinajstić information content (AvgIpc) is 2.67. The van der Waals surface area contributed by atoms with Gasteiger partial charge >= 0.3 is 0 Å². The molecule has 1 saturated heterocycles. The number of hydrogen-bond donors (Lipinski definition) is 2. The van der Waals surface area contributed by atoms with E-state index in [2.05, 4.69) is 27.4 Å². The van der Waals surface area contributed by atoms with Gasteiger partial charge in [0.1, 0.15) is 5.75 Å². The molecule has 1 aliphatic heterocycles. The maximum absolute atomic E-state index is 12.3. The van der Waals surface area contributed by atoms with E-state index in [0.717, 1.165) is 38.2 Å². The lowest BCUT2D eigenvalue weighted by molar-refractivity contribution is -0.125. The van der Waals surface area contributed by atoms with Crippen molar-refractivity contribution in [2.45, 2.75) is 32.9 Å². The summed E-state index contributed by atoms with van der Waals surface area (Å²) in [5, 5.41) is 6.52. The molecule has 0 aliphatic carbocycles. The molecule has 0 spiro atoms. The second-order valence-corrected chi connectivity index (χ2v) is 7.60. The van der Waals surface area contributed by atoms with Crippen molar-refractivity contribution in [3.63, 3.8) is 0 Å². The van der Waals surface area contributed by atoms with E-state index >= 15 is 0 Å². The number of halogens is 1. The van der Waals surface area contributed by atoms with Crippen LogP contribution in [0.5, 0.6) is 5.75 Å². The van der Waals surface area contributed by atoms with Crippen molar-refractivity contribution in [2.75, 3.05) is 46.4 Å². The molecule has 0 saturated carbocycles. The highest BCUT2D eigenvalue weighted by Crippen LogP contribution is 2.22. The third kappa shape index (κ3) is 7.30. The molecule has 8 heteroatoms. The Morgan fingerprint density at radius 2 is 1.75 bits per heavy atom. The minimum absolute atomic E-state index is 0.0370. The fourth-order valence-corrected chi connectivity index (χ4v) is 3.26. The summed E-state index contributed by atoms with van der Waals surface area (Å²) in [6, 6.07) is 5.55. The predicted octanol–water partition coefficient (Wildman–Crippen LogP) is 1.50. The van der Waals surface area contributed by atoms with E-state index in [1.165, 1.54) is 0 Å². The van der Waals surface area contributed by atoms with Crippen LogP contribution in [-0.4, -0.2) is 74.0 Å². The molecule has 28 heavy (non-hydrogen) atoms. The Balaban J connectivity index is 1.70. The molecule has 1 atom stereocenters. The number of ether oxygens (including phenoxy) is 1. The first-order valence-corrected chi connectivity index (χ1v) is 10.1. The van der Waals surface area contributed by atoms with E-state index in [4.69, 9.17) is 16.3 Å². The minimum Gasteiger partial charge on any atom is -0.496 e. The highest BCUT2D eigenvalue weighted by Gasteiger charge is 2.21. The van der Waals surface area contributed by atoms with Crippen LogP contribution < -0.4 is 15.4 Å². The lowest BCUT2D eigenvalue weighted by atomic mass is 10.2. The summed E-state index contributed by atoms with van der Waals surface area (Å²) in [7, 11) is 1.59. The number of amides is 2. The highest BCUT2D eigenvalue weighted by atomic mass is 35.5. The SMILES string of the molecule is CCC(C)NC(=O)CN1CCN(CC(=O)NCc2cc(Cl)ccc2OC)CC1. The van der Waals surface area contributed by atoms with Gasteiger partial charge in [0.2, 0.25) is 11.8 Å². The summed E-state index contributed by atoms with van der Waals surface area (Å²) >= 11 is 6.02. The van der Waals surface area contributed by atoms with E-state index < -0.39 is 0 Å². The molecule has 0 radical (unpaired) electrons. The van der Waals surface area contributed by atoms with Crippen LogP contribution >= 0.6 is 11.6 Å². The molecule has 1 aromatic carbocycles. The smallest absolute Gasteiger partial charge is 0.234 e. The van der Waals surface area contributed by atoms with Crippen molar-refractivity contribution in [3.8, 4) is 5.75 Å². The van der Waals surface area contributed by atoms with Gasteiger partial charge < -0.3 is 15.4 Å². The topological polar surface area (TPSA) is 73.9 Å². The highest BCUT2D eigenvalue weighted by molar-refractivity contribution is 6.30. The van der Waals surface area contributed by atoms with Crippen LogP contribution in [0, 0.1) is 0 Å². The van der Waals surface area contributed by atoms with Gasteiger partial charge in [-0.15, -0.1) is 0 Å². The first-order valence-electron chi connectivity index (χ1n) is 9.74. The maximum Gasteiger partial charge on any atom is 0.234 e. The fraction of sp³-hybridized carbons (Fsp3) is 0.600. The zero-order valence-corrected chi connectivity index (χ0v) is 17.7. The Morgan fingerprint density at radius 1 is 1.14 bits per heavy atom. The van der Waals surface area contributed by atoms with Crippen molar-refractivity contribution in [1.82, 2.24) is 20.4 Å². The monoisotopic (exact) mass is 410 g/mol. The van der Waals surface area contributed by atoms with Gasteiger partial charge in [0.15, 0.2) is 0 Å². The third-order valence-corrected chi connectivity index (χ3v) is 5.17. The second kappa shape index (κ2) is 11.2. The summed E-state index contributed by atoms with van der Waals surface area (Å²) in [5.41, 5.74) is 0.848. The van der Waals surface area contributed by atoms with Gasteiger partial charge in [-0.3, -0.25) is 19.4 Å². The van der Waals surface area contributed by atoms with Crippen molar-refractivity contribution in [2.24, 2.45) is 0 Å².